The summed E-state index contributed by atoms with van der Waals surface area (Å²) >= 11 is 0. The third kappa shape index (κ3) is 6.05. The number of rotatable bonds is 8. The highest BCUT2D eigenvalue weighted by molar-refractivity contribution is 7.92. The van der Waals surface area contributed by atoms with E-state index in [1.165, 1.54) is 49.4 Å². The van der Waals surface area contributed by atoms with Gasteiger partial charge in [0.25, 0.3) is 10.0 Å². The van der Waals surface area contributed by atoms with Gasteiger partial charge < -0.3 is 15.2 Å². The fourth-order valence-corrected chi connectivity index (χ4v) is 3.38. The maximum absolute atomic E-state index is 12.6. The van der Waals surface area contributed by atoms with Crippen LogP contribution in [0, 0.1) is 6.92 Å². The molecule has 152 valence electrons. The van der Waals surface area contributed by atoms with Crippen LogP contribution in [0.15, 0.2) is 47.4 Å². The molecular weight excluding hydrogens is 401 g/mol. The molecule has 2 rings (SSSR count). The lowest BCUT2D eigenvalue weighted by Gasteiger charge is -2.16. The van der Waals surface area contributed by atoms with E-state index in [0.29, 0.717) is 5.56 Å². The van der Waals surface area contributed by atoms with Gasteiger partial charge in [0.1, 0.15) is 12.3 Å². The second kappa shape index (κ2) is 8.38. The van der Waals surface area contributed by atoms with Gasteiger partial charge in [-0.3, -0.25) is 4.72 Å². The molecule has 11 heteroatoms. The number of aryl methyl sites for hydroxylation is 1. The fourth-order valence-electron chi connectivity index (χ4n) is 2.22. The predicted molar refractivity (Wildman–Crippen MR) is 96.1 cm³/mol. The number of anilines is 2. The quantitative estimate of drug-likeness (QED) is 0.608. The van der Waals surface area contributed by atoms with E-state index in [1.54, 1.807) is 0 Å². The number of hydrogen-bond acceptors (Lipinski definition) is 5. The zero-order valence-electron chi connectivity index (χ0n) is 14.6. The molecule has 0 aliphatic carbocycles. The van der Waals surface area contributed by atoms with E-state index in [-0.39, 0.29) is 22.0 Å². The Kier molecular flexibility index (Phi) is 6.39. The largest absolute Gasteiger partial charge is 0.482 e. The lowest BCUT2D eigenvalue weighted by Crippen LogP contribution is -2.22. The first-order chi connectivity index (χ1) is 13.0. The molecule has 2 aromatic rings. The number of ether oxygens (including phenoxy) is 1. The van der Waals surface area contributed by atoms with Crippen LogP contribution in [0.2, 0.25) is 0 Å². The number of benzene rings is 2. The molecule has 3 N–H and O–H groups in total. The molecule has 0 aromatic heterocycles. The highest BCUT2D eigenvalue weighted by Gasteiger charge is 2.27. The molecule has 7 nitrogen and oxygen atoms in total. The van der Waals surface area contributed by atoms with Crippen LogP contribution in [0.5, 0.6) is 5.75 Å². The molecule has 0 unspecified atom stereocenters. The summed E-state index contributed by atoms with van der Waals surface area (Å²) in [6.07, 6.45) is -4.46. The number of alkyl halides is 3. The van der Waals surface area contributed by atoms with E-state index in [9.17, 15) is 26.4 Å². The van der Waals surface area contributed by atoms with Crippen LogP contribution in [0.1, 0.15) is 5.56 Å². The monoisotopic (exact) mass is 418 g/mol. The highest BCUT2D eigenvalue weighted by atomic mass is 32.2. The van der Waals surface area contributed by atoms with Crippen molar-refractivity contribution >= 4 is 27.4 Å². The topological polar surface area (TPSA) is 105 Å². The van der Waals surface area contributed by atoms with Gasteiger partial charge in [0.05, 0.1) is 16.3 Å². The summed E-state index contributed by atoms with van der Waals surface area (Å²) in [7, 11) is -4.10. The van der Waals surface area contributed by atoms with Crippen molar-refractivity contribution in [3.8, 4) is 5.75 Å². The van der Waals surface area contributed by atoms with Crippen LogP contribution in [-0.4, -0.2) is 38.8 Å². The van der Waals surface area contributed by atoms with E-state index in [2.05, 4.69) is 10.0 Å². The van der Waals surface area contributed by atoms with Crippen molar-refractivity contribution < 1.29 is 36.2 Å². The van der Waals surface area contributed by atoms with Crippen molar-refractivity contribution in [1.29, 1.82) is 0 Å². The van der Waals surface area contributed by atoms with Gasteiger partial charge in [-0.1, -0.05) is 12.1 Å². The molecule has 28 heavy (non-hydrogen) atoms. The van der Waals surface area contributed by atoms with E-state index >= 15 is 0 Å². The van der Waals surface area contributed by atoms with E-state index in [0.717, 1.165) is 0 Å². The third-order valence-electron chi connectivity index (χ3n) is 3.46. The second-order valence-electron chi connectivity index (χ2n) is 5.73. The molecular formula is C17H17F3N2O5S. The van der Waals surface area contributed by atoms with Gasteiger partial charge in [0.15, 0.2) is 6.61 Å². The summed E-state index contributed by atoms with van der Waals surface area (Å²) < 4.78 is 69.7. The van der Waals surface area contributed by atoms with Crippen LogP contribution in [0.3, 0.4) is 0 Å². The number of para-hydroxylation sites is 2. The Balaban J connectivity index is 2.22. The number of carboxylic acid groups (broad SMARTS) is 1. The maximum atomic E-state index is 12.6. The van der Waals surface area contributed by atoms with Crippen LogP contribution in [0.25, 0.3) is 0 Å². The minimum absolute atomic E-state index is 0.0264. The van der Waals surface area contributed by atoms with E-state index < -0.39 is 35.3 Å². The van der Waals surface area contributed by atoms with Crippen molar-refractivity contribution in [2.24, 2.45) is 0 Å². The first kappa shape index (κ1) is 21.4. The zero-order chi connectivity index (χ0) is 20.9. The average molecular weight is 418 g/mol. The number of sulfonamides is 1. The summed E-state index contributed by atoms with van der Waals surface area (Å²) in [6, 6.07) is 9.37. The van der Waals surface area contributed by atoms with Crippen LogP contribution < -0.4 is 14.8 Å². The van der Waals surface area contributed by atoms with E-state index in [1.807, 2.05) is 0 Å². The number of nitrogens with one attached hydrogen (secondary N) is 2. The Labute approximate surface area is 159 Å². The molecule has 0 amide bonds. The number of hydrogen-bond donors (Lipinski definition) is 3. The molecule has 0 fully saturated rings. The lowest BCUT2D eigenvalue weighted by atomic mass is 10.2. The summed E-state index contributed by atoms with van der Waals surface area (Å²) in [5.74, 6) is -0.977. The average Bonchev–Trinajstić information content (AvgIpc) is 2.58. The molecule has 0 heterocycles. The standard InChI is InChI=1S/C17H17F3N2O5S/c1-11-8-12(6-7-15(11)27-9-16(23)24)28(25,26)22-14-5-3-2-4-13(14)21-10-17(18,19)20/h2-8,21-22H,9-10H2,1H3,(H,23,24). The molecule has 0 saturated carbocycles. The van der Waals surface area contributed by atoms with Crippen molar-refractivity contribution in [3.05, 3.63) is 48.0 Å². The molecule has 0 saturated heterocycles. The first-order valence-corrected chi connectivity index (χ1v) is 9.34. The van der Waals surface area contributed by atoms with Crippen LogP contribution in [-0.2, 0) is 14.8 Å². The van der Waals surface area contributed by atoms with Crippen LogP contribution >= 0.6 is 0 Å². The number of halogens is 3. The number of carboxylic acids is 1. The van der Waals surface area contributed by atoms with Gasteiger partial charge in [-0.05, 0) is 42.8 Å². The Morgan fingerprint density at radius 2 is 1.79 bits per heavy atom. The van der Waals surface area contributed by atoms with Crippen LogP contribution in [0.4, 0.5) is 24.5 Å². The Morgan fingerprint density at radius 3 is 2.36 bits per heavy atom. The van der Waals surface area contributed by atoms with Gasteiger partial charge in [0.2, 0.25) is 0 Å². The fraction of sp³-hybridized carbons (Fsp3) is 0.235. The van der Waals surface area contributed by atoms with Crippen molar-refractivity contribution in [1.82, 2.24) is 0 Å². The molecule has 2 aromatic carbocycles. The minimum atomic E-state index is -4.46. The summed E-state index contributed by atoms with van der Waals surface area (Å²) in [6.45, 7) is -0.362. The molecule has 0 bridgehead atoms. The summed E-state index contributed by atoms with van der Waals surface area (Å²) in [5, 5.41) is 10.8. The van der Waals surface area contributed by atoms with Crippen molar-refractivity contribution in [3.63, 3.8) is 0 Å². The van der Waals surface area contributed by atoms with Gasteiger partial charge in [-0.2, -0.15) is 13.2 Å². The first-order valence-electron chi connectivity index (χ1n) is 7.86. The normalized spacial score (nSPS) is 11.7. The maximum Gasteiger partial charge on any atom is 0.405 e. The third-order valence-corrected chi connectivity index (χ3v) is 4.82. The number of aliphatic carboxylic acids is 1. The highest BCUT2D eigenvalue weighted by Crippen LogP contribution is 2.28. The smallest absolute Gasteiger partial charge is 0.405 e. The lowest BCUT2D eigenvalue weighted by molar-refractivity contribution is -0.139. The van der Waals surface area contributed by atoms with Gasteiger partial charge in [0, 0.05) is 0 Å². The second-order valence-corrected chi connectivity index (χ2v) is 7.41. The molecule has 0 atom stereocenters. The van der Waals surface area contributed by atoms with Crippen molar-refractivity contribution in [2.75, 3.05) is 23.2 Å². The minimum Gasteiger partial charge on any atom is -0.482 e. The molecule has 0 aliphatic rings. The number of carbonyl (C=O) groups is 1. The van der Waals surface area contributed by atoms with Gasteiger partial charge in [-0.25, -0.2) is 13.2 Å². The molecule has 0 spiro atoms. The van der Waals surface area contributed by atoms with Gasteiger partial charge >= 0.3 is 12.1 Å². The SMILES string of the molecule is Cc1cc(S(=O)(=O)Nc2ccccc2NCC(F)(F)F)ccc1OCC(=O)O. The predicted octanol–water partition coefficient (Wildman–Crippen LogP) is 3.23. The van der Waals surface area contributed by atoms with Gasteiger partial charge in [-0.15, -0.1) is 0 Å². The Hall–Kier alpha value is -2.95. The zero-order valence-corrected chi connectivity index (χ0v) is 15.4. The summed E-state index contributed by atoms with van der Waals surface area (Å²) in [5.41, 5.74) is 0.310. The van der Waals surface area contributed by atoms with E-state index in [4.69, 9.17) is 9.84 Å². The molecule has 0 radical (unpaired) electrons. The van der Waals surface area contributed by atoms with Crippen molar-refractivity contribution in [2.45, 2.75) is 18.0 Å². The Morgan fingerprint density at radius 1 is 1.14 bits per heavy atom. The molecule has 0 aliphatic heterocycles. The Bertz CT molecular complexity index is 962. The summed E-state index contributed by atoms with van der Waals surface area (Å²) in [4.78, 5) is 10.4.